The first kappa shape index (κ1) is 19.8. The number of thioether (sulfide) groups is 1. The molecule has 1 amide bonds. The number of anilines is 1. The Morgan fingerprint density at radius 1 is 1.18 bits per heavy atom. The Morgan fingerprint density at radius 2 is 1.89 bits per heavy atom. The minimum absolute atomic E-state index is 0.0762. The van der Waals surface area contributed by atoms with Gasteiger partial charge in [0.15, 0.2) is 0 Å². The van der Waals surface area contributed by atoms with E-state index < -0.39 is 5.92 Å². The minimum Gasteiger partial charge on any atom is -0.490 e. The fraction of sp³-hybridized carbons (Fsp3) is 0.286. The van der Waals surface area contributed by atoms with Gasteiger partial charge in [0.25, 0.3) is 0 Å². The van der Waals surface area contributed by atoms with Gasteiger partial charge in [0.2, 0.25) is 5.91 Å². The van der Waals surface area contributed by atoms with E-state index in [2.05, 4.69) is 0 Å². The molecule has 1 heterocycles. The Balaban J connectivity index is 1.45. The van der Waals surface area contributed by atoms with Gasteiger partial charge in [-0.3, -0.25) is 9.59 Å². The zero-order valence-corrected chi connectivity index (χ0v) is 16.3. The van der Waals surface area contributed by atoms with Crippen molar-refractivity contribution in [1.29, 1.82) is 5.26 Å². The van der Waals surface area contributed by atoms with Crippen molar-refractivity contribution in [3.63, 3.8) is 0 Å². The molecule has 0 radical (unpaired) electrons. The topological polar surface area (TPSA) is 79.6 Å². The predicted molar refractivity (Wildman–Crippen MR) is 106 cm³/mol. The van der Waals surface area contributed by atoms with Crippen LogP contribution in [0.15, 0.2) is 53.4 Å². The molecule has 1 saturated heterocycles. The van der Waals surface area contributed by atoms with Crippen LogP contribution in [0.4, 0.5) is 5.69 Å². The van der Waals surface area contributed by atoms with Crippen molar-refractivity contribution in [2.24, 2.45) is 5.92 Å². The fourth-order valence-corrected chi connectivity index (χ4v) is 3.33. The largest absolute Gasteiger partial charge is 0.490 e. The van der Waals surface area contributed by atoms with Gasteiger partial charge >= 0.3 is 5.97 Å². The Morgan fingerprint density at radius 3 is 2.54 bits per heavy atom. The van der Waals surface area contributed by atoms with Crippen molar-refractivity contribution >= 4 is 29.3 Å². The molecule has 2 aromatic rings. The summed E-state index contributed by atoms with van der Waals surface area (Å²) >= 11 is 1.63. The number of hydrogen-bond acceptors (Lipinski definition) is 6. The molecule has 3 rings (SSSR count). The van der Waals surface area contributed by atoms with Crippen LogP contribution in [0.1, 0.15) is 12.0 Å². The number of rotatable bonds is 7. The standard InChI is InChI=1S/C21H20N2O4S/c1-28-19-8-4-17(5-9-19)23-14-16(12-20(23)24)21(25)27-11-10-26-18-6-2-15(13-22)3-7-18/h2-9,16H,10-12,14H2,1H3. The summed E-state index contributed by atoms with van der Waals surface area (Å²) in [5.74, 6) is -0.332. The maximum absolute atomic E-state index is 12.3. The number of carbonyl (C=O) groups excluding carboxylic acids is 2. The van der Waals surface area contributed by atoms with Crippen LogP contribution >= 0.6 is 11.8 Å². The molecule has 0 aromatic heterocycles. The van der Waals surface area contributed by atoms with Gasteiger partial charge in [0.05, 0.1) is 17.6 Å². The summed E-state index contributed by atoms with van der Waals surface area (Å²) in [5.41, 5.74) is 1.35. The van der Waals surface area contributed by atoms with Gasteiger partial charge in [-0.1, -0.05) is 0 Å². The van der Waals surface area contributed by atoms with E-state index in [4.69, 9.17) is 14.7 Å². The van der Waals surface area contributed by atoms with Crippen molar-refractivity contribution < 1.29 is 19.1 Å². The van der Waals surface area contributed by atoms with Crippen molar-refractivity contribution in [3.8, 4) is 11.8 Å². The monoisotopic (exact) mass is 396 g/mol. The highest BCUT2D eigenvalue weighted by molar-refractivity contribution is 7.98. The molecule has 0 bridgehead atoms. The van der Waals surface area contributed by atoms with Crippen LogP contribution in [-0.4, -0.2) is 37.9 Å². The second-order valence-corrected chi connectivity index (χ2v) is 7.14. The van der Waals surface area contributed by atoms with E-state index in [9.17, 15) is 9.59 Å². The van der Waals surface area contributed by atoms with Gasteiger partial charge in [-0.15, -0.1) is 11.8 Å². The summed E-state index contributed by atoms with van der Waals surface area (Å²) < 4.78 is 10.7. The molecule has 0 saturated carbocycles. The quantitative estimate of drug-likeness (QED) is 0.406. The molecule has 1 unspecified atom stereocenters. The van der Waals surface area contributed by atoms with E-state index in [0.29, 0.717) is 17.9 Å². The zero-order valence-electron chi connectivity index (χ0n) is 15.5. The smallest absolute Gasteiger partial charge is 0.311 e. The number of nitriles is 1. The molecular weight excluding hydrogens is 376 g/mol. The molecule has 1 fully saturated rings. The molecule has 0 aliphatic carbocycles. The van der Waals surface area contributed by atoms with Crippen LogP contribution in [0.5, 0.6) is 5.75 Å². The first-order valence-corrected chi connectivity index (χ1v) is 10.1. The Kier molecular flexibility index (Phi) is 6.56. The van der Waals surface area contributed by atoms with E-state index in [1.54, 1.807) is 40.9 Å². The van der Waals surface area contributed by atoms with Crippen molar-refractivity contribution in [2.75, 3.05) is 30.9 Å². The second kappa shape index (κ2) is 9.29. The molecule has 1 aliphatic rings. The molecule has 7 heteroatoms. The van der Waals surface area contributed by atoms with Crippen LogP contribution in [0, 0.1) is 17.2 Å². The summed E-state index contributed by atoms with van der Waals surface area (Å²) in [4.78, 5) is 27.3. The maximum Gasteiger partial charge on any atom is 0.311 e. The molecule has 0 N–H and O–H groups in total. The van der Waals surface area contributed by atoms with Gasteiger partial charge in [0, 0.05) is 23.5 Å². The normalized spacial score (nSPS) is 15.9. The molecule has 28 heavy (non-hydrogen) atoms. The highest BCUT2D eigenvalue weighted by atomic mass is 32.2. The highest BCUT2D eigenvalue weighted by Gasteiger charge is 2.36. The van der Waals surface area contributed by atoms with Crippen molar-refractivity contribution in [1.82, 2.24) is 0 Å². The number of nitrogens with zero attached hydrogens (tertiary/aromatic N) is 2. The summed E-state index contributed by atoms with van der Waals surface area (Å²) in [6, 6.07) is 16.4. The van der Waals surface area contributed by atoms with Gasteiger partial charge in [-0.25, -0.2) is 0 Å². The summed E-state index contributed by atoms with van der Waals surface area (Å²) in [6.45, 7) is 0.636. The SMILES string of the molecule is CSc1ccc(N2CC(C(=O)OCCOc3ccc(C#N)cc3)CC2=O)cc1. The van der Waals surface area contributed by atoms with Crippen LogP contribution in [0.3, 0.4) is 0 Å². The lowest BCUT2D eigenvalue weighted by atomic mass is 10.1. The number of amides is 1. The third-order valence-corrected chi connectivity index (χ3v) is 5.17. The van der Waals surface area contributed by atoms with Gasteiger partial charge < -0.3 is 14.4 Å². The summed E-state index contributed by atoms with van der Waals surface area (Å²) in [6.07, 6.45) is 2.15. The summed E-state index contributed by atoms with van der Waals surface area (Å²) in [5, 5.41) is 8.76. The molecular formula is C21H20N2O4S. The van der Waals surface area contributed by atoms with E-state index in [1.807, 2.05) is 36.6 Å². The lowest BCUT2D eigenvalue weighted by Crippen LogP contribution is -2.26. The molecule has 2 aromatic carbocycles. The average molecular weight is 396 g/mol. The van der Waals surface area contributed by atoms with Crippen molar-refractivity contribution in [2.45, 2.75) is 11.3 Å². The molecule has 1 aliphatic heterocycles. The van der Waals surface area contributed by atoms with Gasteiger partial charge in [-0.05, 0) is 54.8 Å². The van der Waals surface area contributed by atoms with Crippen LogP contribution < -0.4 is 9.64 Å². The van der Waals surface area contributed by atoms with E-state index in [1.165, 1.54) is 0 Å². The third kappa shape index (κ3) is 4.84. The van der Waals surface area contributed by atoms with E-state index in [0.717, 1.165) is 10.6 Å². The third-order valence-electron chi connectivity index (χ3n) is 4.42. The molecule has 6 nitrogen and oxygen atoms in total. The fourth-order valence-electron chi connectivity index (χ4n) is 2.92. The maximum atomic E-state index is 12.3. The number of carbonyl (C=O) groups is 2. The first-order valence-electron chi connectivity index (χ1n) is 8.84. The molecule has 0 spiro atoms. The Bertz CT molecular complexity index is 875. The Labute approximate surface area is 168 Å². The Hall–Kier alpha value is -2.98. The number of benzene rings is 2. The predicted octanol–water partition coefficient (Wildman–Crippen LogP) is 3.26. The zero-order chi connectivity index (χ0) is 19.9. The summed E-state index contributed by atoms with van der Waals surface area (Å²) in [7, 11) is 0. The number of esters is 1. The van der Waals surface area contributed by atoms with Gasteiger partial charge in [0.1, 0.15) is 19.0 Å². The van der Waals surface area contributed by atoms with Gasteiger partial charge in [-0.2, -0.15) is 5.26 Å². The van der Waals surface area contributed by atoms with Crippen LogP contribution in [0.25, 0.3) is 0 Å². The van der Waals surface area contributed by atoms with Crippen LogP contribution in [-0.2, 0) is 14.3 Å². The highest BCUT2D eigenvalue weighted by Crippen LogP contribution is 2.27. The number of ether oxygens (including phenoxy) is 2. The minimum atomic E-state index is -0.470. The van der Waals surface area contributed by atoms with E-state index >= 15 is 0 Å². The first-order chi connectivity index (χ1) is 13.6. The van der Waals surface area contributed by atoms with Crippen LogP contribution in [0.2, 0.25) is 0 Å². The van der Waals surface area contributed by atoms with Crippen molar-refractivity contribution in [3.05, 3.63) is 54.1 Å². The second-order valence-electron chi connectivity index (χ2n) is 6.26. The number of hydrogen-bond donors (Lipinski definition) is 0. The molecule has 144 valence electrons. The molecule has 1 atom stereocenters. The lowest BCUT2D eigenvalue weighted by Gasteiger charge is -2.17. The average Bonchev–Trinajstić information content (AvgIpc) is 3.13. The lowest BCUT2D eigenvalue weighted by molar-refractivity contribution is -0.149. The van der Waals surface area contributed by atoms with E-state index in [-0.39, 0.29) is 31.5 Å².